The predicted molar refractivity (Wildman–Crippen MR) is 63.0 cm³/mol. The fourth-order valence-corrected chi connectivity index (χ4v) is 2.67. The van der Waals surface area contributed by atoms with Crippen LogP contribution in [0.3, 0.4) is 0 Å². The lowest BCUT2D eigenvalue weighted by Crippen LogP contribution is -2.48. The van der Waals surface area contributed by atoms with Crippen LogP contribution in [0.2, 0.25) is 0 Å². The highest BCUT2D eigenvalue weighted by Gasteiger charge is 2.66. The minimum Gasteiger partial charge on any atom is -0.372 e. The molecule has 2 heterocycles. The van der Waals surface area contributed by atoms with Gasteiger partial charge in [0, 0.05) is 12.2 Å². The van der Waals surface area contributed by atoms with E-state index in [1.807, 2.05) is 37.3 Å². The highest BCUT2D eigenvalue weighted by Crippen LogP contribution is 2.48. The number of hydrogen-bond acceptors (Lipinski definition) is 3. The molecule has 0 aliphatic carbocycles. The van der Waals surface area contributed by atoms with E-state index in [1.165, 1.54) is 0 Å². The average molecular weight is 232 g/mol. The predicted octanol–water partition coefficient (Wildman–Crippen LogP) is 2.21. The molecular formula is C14H16O3. The van der Waals surface area contributed by atoms with Crippen molar-refractivity contribution in [3.8, 4) is 0 Å². The summed E-state index contributed by atoms with van der Waals surface area (Å²) >= 11 is 0. The third kappa shape index (κ3) is 1.53. The second-order valence-corrected chi connectivity index (χ2v) is 4.99. The van der Waals surface area contributed by atoms with Crippen molar-refractivity contribution in [3.05, 3.63) is 35.9 Å². The van der Waals surface area contributed by atoms with Gasteiger partial charge in [-0.3, -0.25) is 4.79 Å². The first kappa shape index (κ1) is 10.9. The van der Waals surface area contributed by atoms with E-state index < -0.39 is 11.2 Å². The van der Waals surface area contributed by atoms with Gasteiger partial charge in [-0.25, -0.2) is 0 Å². The minimum atomic E-state index is -0.731. The Hall–Kier alpha value is -1.19. The molecule has 0 radical (unpaired) electrons. The normalized spacial score (nSPS) is 35.8. The Balaban J connectivity index is 1.91. The number of epoxide rings is 1. The molecule has 0 bridgehead atoms. The van der Waals surface area contributed by atoms with E-state index >= 15 is 0 Å². The van der Waals surface area contributed by atoms with Gasteiger partial charge in [-0.1, -0.05) is 30.3 Å². The zero-order valence-corrected chi connectivity index (χ0v) is 9.94. The maximum atomic E-state index is 12.5. The van der Waals surface area contributed by atoms with Crippen LogP contribution in [0.15, 0.2) is 30.3 Å². The van der Waals surface area contributed by atoms with Crippen LogP contribution in [-0.2, 0) is 9.47 Å². The SMILES string of the molecule is C[C@]1([C@@]2(C(=O)c3ccccc3)CO2)CCCO1. The molecule has 3 rings (SSSR count). The lowest BCUT2D eigenvalue weighted by Gasteiger charge is -2.29. The Labute approximate surface area is 101 Å². The largest absolute Gasteiger partial charge is 0.372 e. The Morgan fingerprint density at radius 3 is 2.47 bits per heavy atom. The van der Waals surface area contributed by atoms with Gasteiger partial charge in [-0.2, -0.15) is 0 Å². The van der Waals surface area contributed by atoms with E-state index in [1.54, 1.807) is 0 Å². The summed E-state index contributed by atoms with van der Waals surface area (Å²) < 4.78 is 11.3. The van der Waals surface area contributed by atoms with Gasteiger partial charge in [-0.15, -0.1) is 0 Å². The fourth-order valence-electron chi connectivity index (χ4n) is 2.67. The number of benzene rings is 1. The molecule has 0 aromatic heterocycles. The molecule has 1 aromatic rings. The van der Waals surface area contributed by atoms with Crippen LogP contribution in [0.5, 0.6) is 0 Å². The Morgan fingerprint density at radius 2 is 1.94 bits per heavy atom. The molecule has 0 spiro atoms. The van der Waals surface area contributed by atoms with Crippen LogP contribution in [0, 0.1) is 0 Å². The summed E-state index contributed by atoms with van der Waals surface area (Å²) in [6.07, 6.45) is 1.90. The van der Waals surface area contributed by atoms with Crippen LogP contribution in [0.25, 0.3) is 0 Å². The zero-order chi connectivity index (χ0) is 11.9. The van der Waals surface area contributed by atoms with Gasteiger partial charge in [0.15, 0.2) is 11.4 Å². The minimum absolute atomic E-state index is 0.0579. The van der Waals surface area contributed by atoms with Crippen molar-refractivity contribution in [2.24, 2.45) is 0 Å². The molecule has 1 aromatic carbocycles. The van der Waals surface area contributed by atoms with Gasteiger partial charge in [0.25, 0.3) is 0 Å². The molecule has 2 aliphatic heterocycles. The lowest BCUT2D eigenvalue weighted by atomic mass is 9.81. The Bertz CT molecular complexity index is 428. The molecule has 17 heavy (non-hydrogen) atoms. The molecule has 0 saturated carbocycles. The highest BCUT2D eigenvalue weighted by molar-refractivity contribution is 6.05. The lowest BCUT2D eigenvalue weighted by molar-refractivity contribution is -0.0345. The number of rotatable bonds is 3. The summed E-state index contributed by atoms with van der Waals surface area (Å²) in [5.74, 6) is 0.0579. The molecule has 0 N–H and O–H groups in total. The molecule has 2 aliphatic rings. The van der Waals surface area contributed by atoms with Crippen molar-refractivity contribution >= 4 is 5.78 Å². The van der Waals surface area contributed by atoms with Gasteiger partial charge < -0.3 is 9.47 Å². The summed E-state index contributed by atoms with van der Waals surface area (Å²) in [4.78, 5) is 12.5. The third-order valence-electron chi connectivity index (χ3n) is 3.91. The average Bonchev–Trinajstić information content (AvgIpc) is 3.08. The smallest absolute Gasteiger partial charge is 0.200 e. The molecule has 3 heteroatoms. The summed E-state index contributed by atoms with van der Waals surface area (Å²) in [7, 11) is 0. The van der Waals surface area contributed by atoms with E-state index in [0.717, 1.165) is 19.4 Å². The second-order valence-electron chi connectivity index (χ2n) is 4.99. The van der Waals surface area contributed by atoms with Crippen molar-refractivity contribution in [1.82, 2.24) is 0 Å². The monoisotopic (exact) mass is 232 g/mol. The van der Waals surface area contributed by atoms with Crippen LogP contribution < -0.4 is 0 Å². The van der Waals surface area contributed by atoms with E-state index in [-0.39, 0.29) is 5.78 Å². The number of Topliss-reactive ketones (excluding diaryl/α,β-unsaturated/α-hetero) is 1. The van der Waals surface area contributed by atoms with Gasteiger partial charge in [-0.05, 0) is 19.8 Å². The number of ether oxygens (including phenoxy) is 2. The highest BCUT2D eigenvalue weighted by atomic mass is 16.6. The Morgan fingerprint density at radius 1 is 1.24 bits per heavy atom. The van der Waals surface area contributed by atoms with Crippen LogP contribution in [-0.4, -0.2) is 30.2 Å². The second kappa shape index (κ2) is 3.65. The fraction of sp³-hybridized carbons (Fsp3) is 0.500. The summed E-state index contributed by atoms with van der Waals surface area (Å²) in [6.45, 7) is 3.20. The first-order valence-corrected chi connectivity index (χ1v) is 6.06. The van der Waals surface area contributed by atoms with Gasteiger partial charge in [0.1, 0.15) is 5.60 Å². The molecule has 2 atom stereocenters. The summed E-state index contributed by atoms with van der Waals surface area (Å²) in [6, 6.07) is 9.33. The van der Waals surface area contributed by atoms with E-state index in [4.69, 9.17) is 9.47 Å². The maximum absolute atomic E-state index is 12.5. The van der Waals surface area contributed by atoms with E-state index in [9.17, 15) is 4.79 Å². The molecule has 2 fully saturated rings. The standard InChI is InChI=1S/C14H16O3/c1-13(8-5-9-16-13)14(10-17-14)12(15)11-6-3-2-4-7-11/h2-4,6-7H,5,8-10H2,1H3/t13-,14+/m1/s1. The van der Waals surface area contributed by atoms with Gasteiger partial charge in [0.2, 0.25) is 0 Å². The first-order chi connectivity index (χ1) is 8.18. The van der Waals surface area contributed by atoms with Crippen LogP contribution >= 0.6 is 0 Å². The summed E-state index contributed by atoms with van der Waals surface area (Å²) in [5.41, 5.74) is -0.466. The maximum Gasteiger partial charge on any atom is 0.200 e. The molecule has 0 unspecified atom stereocenters. The number of carbonyl (C=O) groups is 1. The molecular weight excluding hydrogens is 216 g/mol. The van der Waals surface area contributed by atoms with Crippen molar-refractivity contribution in [3.63, 3.8) is 0 Å². The quantitative estimate of drug-likeness (QED) is 0.592. The molecule has 90 valence electrons. The van der Waals surface area contributed by atoms with Crippen molar-refractivity contribution in [2.45, 2.75) is 31.0 Å². The molecule has 0 amide bonds. The van der Waals surface area contributed by atoms with Crippen molar-refractivity contribution < 1.29 is 14.3 Å². The van der Waals surface area contributed by atoms with Crippen LogP contribution in [0.4, 0.5) is 0 Å². The number of ketones is 1. The van der Waals surface area contributed by atoms with Crippen molar-refractivity contribution in [1.29, 1.82) is 0 Å². The summed E-state index contributed by atoms with van der Waals surface area (Å²) in [5, 5.41) is 0. The first-order valence-electron chi connectivity index (χ1n) is 6.06. The van der Waals surface area contributed by atoms with E-state index in [2.05, 4.69) is 0 Å². The van der Waals surface area contributed by atoms with Crippen LogP contribution in [0.1, 0.15) is 30.1 Å². The zero-order valence-electron chi connectivity index (χ0n) is 9.94. The van der Waals surface area contributed by atoms with Gasteiger partial charge >= 0.3 is 0 Å². The van der Waals surface area contributed by atoms with E-state index in [0.29, 0.717) is 12.2 Å². The topological polar surface area (TPSA) is 38.8 Å². The molecule has 2 saturated heterocycles. The van der Waals surface area contributed by atoms with Crippen molar-refractivity contribution in [2.75, 3.05) is 13.2 Å². The number of carbonyl (C=O) groups excluding carboxylic acids is 1. The molecule has 3 nitrogen and oxygen atoms in total. The van der Waals surface area contributed by atoms with Gasteiger partial charge in [0.05, 0.1) is 6.61 Å². The third-order valence-corrected chi connectivity index (χ3v) is 3.91. The Kier molecular flexibility index (Phi) is 2.35. The number of hydrogen-bond donors (Lipinski definition) is 0.